The molecule has 1 aliphatic heterocycles. The molecular weight excluding hydrogens is 264 g/mol. The highest BCUT2D eigenvalue weighted by Gasteiger charge is 2.40. The predicted molar refractivity (Wildman–Crippen MR) is 67.3 cm³/mol. The van der Waals surface area contributed by atoms with E-state index in [2.05, 4.69) is 5.32 Å². The monoisotopic (exact) mass is 280 g/mol. The van der Waals surface area contributed by atoms with Crippen LogP contribution in [-0.4, -0.2) is 46.8 Å². The van der Waals surface area contributed by atoms with Gasteiger partial charge in [0.2, 0.25) is 11.8 Å². The SMILES string of the molecule is CN1C(=O)CC(NC(=O)C2CC=CCC2C(=O)O)C1=O. The topological polar surface area (TPSA) is 104 Å². The van der Waals surface area contributed by atoms with Crippen molar-refractivity contribution in [3.63, 3.8) is 0 Å². The Morgan fingerprint density at radius 1 is 1.25 bits per heavy atom. The molecule has 0 aromatic carbocycles. The van der Waals surface area contributed by atoms with E-state index in [1.165, 1.54) is 7.05 Å². The fraction of sp³-hybridized carbons (Fsp3) is 0.538. The molecule has 1 heterocycles. The molecule has 7 nitrogen and oxygen atoms in total. The molecule has 2 aliphatic rings. The van der Waals surface area contributed by atoms with Gasteiger partial charge in [-0.2, -0.15) is 0 Å². The Labute approximate surface area is 115 Å². The number of allylic oxidation sites excluding steroid dienone is 2. The smallest absolute Gasteiger partial charge is 0.307 e. The number of aliphatic carboxylic acids is 1. The zero-order valence-electron chi connectivity index (χ0n) is 11.0. The first-order valence-corrected chi connectivity index (χ1v) is 6.40. The molecule has 2 rings (SSSR count). The Kier molecular flexibility index (Phi) is 3.87. The maximum absolute atomic E-state index is 12.1. The number of imide groups is 1. The van der Waals surface area contributed by atoms with Crippen LogP contribution in [-0.2, 0) is 19.2 Å². The summed E-state index contributed by atoms with van der Waals surface area (Å²) in [6.07, 6.45) is 4.05. The van der Waals surface area contributed by atoms with Crippen LogP contribution in [0, 0.1) is 11.8 Å². The first-order valence-electron chi connectivity index (χ1n) is 6.40. The number of carbonyl (C=O) groups excluding carboxylic acids is 3. The van der Waals surface area contributed by atoms with Gasteiger partial charge in [-0.15, -0.1) is 0 Å². The number of carbonyl (C=O) groups is 4. The summed E-state index contributed by atoms with van der Waals surface area (Å²) in [7, 11) is 1.36. The zero-order chi connectivity index (χ0) is 14.9. The van der Waals surface area contributed by atoms with Gasteiger partial charge in [-0.25, -0.2) is 0 Å². The number of nitrogens with one attached hydrogen (secondary N) is 1. The van der Waals surface area contributed by atoms with Crippen LogP contribution >= 0.6 is 0 Å². The number of nitrogens with zero attached hydrogens (tertiary/aromatic N) is 1. The van der Waals surface area contributed by atoms with E-state index >= 15 is 0 Å². The Morgan fingerprint density at radius 2 is 1.85 bits per heavy atom. The Morgan fingerprint density at radius 3 is 2.35 bits per heavy atom. The maximum atomic E-state index is 12.1. The summed E-state index contributed by atoms with van der Waals surface area (Å²) in [4.78, 5) is 47.3. The normalized spacial score (nSPS) is 29.6. The first kappa shape index (κ1) is 14.2. The second-order valence-electron chi connectivity index (χ2n) is 5.05. The van der Waals surface area contributed by atoms with Crippen LogP contribution < -0.4 is 5.32 Å². The van der Waals surface area contributed by atoms with Crippen molar-refractivity contribution in [3.8, 4) is 0 Å². The third kappa shape index (κ3) is 2.56. The van der Waals surface area contributed by atoms with Crippen molar-refractivity contribution in [3.05, 3.63) is 12.2 Å². The van der Waals surface area contributed by atoms with Gasteiger partial charge in [0.1, 0.15) is 6.04 Å². The van der Waals surface area contributed by atoms with Gasteiger partial charge in [0.05, 0.1) is 18.3 Å². The molecule has 0 saturated carbocycles. The van der Waals surface area contributed by atoms with Crippen molar-refractivity contribution in [2.75, 3.05) is 7.05 Å². The molecule has 0 aromatic heterocycles. The highest BCUT2D eigenvalue weighted by Crippen LogP contribution is 2.26. The molecule has 1 fully saturated rings. The van der Waals surface area contributed by atoms with Crippen LogP contribution in [0.3, 0.4) is 0 Å². The number of likely N-dealkylation sites (tertiary alicyclic amines) is 1. The molecule has 20 heavy (non-hydrogen) atoms. The maximum Gasteiger partial charge on any atom is 0.307 e. The molecular formula is C13H16N2O5. The van der Waals surface area contributed by atoms with Gasteiger partial charge >= 0.3 is 5.97 Å². The second-order valence-corrected chi connectivity index (χ2v) is 5.05. The predicted octanol–water partition coefficient (Wildman–Crippen LogP) is -0.473. The summed E-state index contributed by atoms with van der Waals surface area (Å²) < 4.78 is 0. The van der Waals surface area contributed by atoms with Crippen molar-refractivity contribution >= 4 is 23.7 Å². The number of hydrogen-bond donors (Lipinski definition) is 2. The minimum atomic E-state index is -1.03. The van der Waals surface area contributed by atoms with E-state index in [4.69, 9.17) is 5.11 Å². The summed E-state index contributed by atoms with van der Waals surface area (Å²) in [5, 5.41) is 11.6. The van der Waals surface area contributed by atoms with E-state index in [0.29, 0.717) is 12.8 Å². The van der Waals surface area contributed by atoms with Crippen molar-refractivity contribution < 1.29 is 24.3 Å². The van der Waals surface area contributed by atoms with Gasteiger partial charge in [-0.1, -0.05) is 12.2 Å². The lowest BCUT2D eigenvalue weighted by atomic mass is 9.82. The van der Waals surface area contributed by atoms with Gasteiger partial charge in [-0.05, 0) is 12.8 Å². The second kappa shape index (κ2) is 5.44. The molecule has 0 radical (unpaired) electrons. The van der Waals surface area contributed by atoms with Crippen molar-refractivity contribution in [1.29, 1.82) is 0 Å². The van der Waals surface area contributed by atoms with Gasteiger partial charge in [-0.3, -0.25) is 24.1 Å². The molecule has 0 spiro atoms. The van der Waals surface area contributed by atoms with Gasteiger partial charge in [0.25, 0.3) is 5.91 Å². The summed E-state index contributed by atoms with van der Waals surface area (Å²) in [5.74, 6) is -3.81. The highest BCUT2D eigenvalue weighted by molar-refractivity contribution is 6.06. The number of hydrogen-bond acceptors (Lipinski definition) is 4. The average molecular weight is 280 g/mol. The fourth-order valence-electron chi connectivity index (χ4n) is 2.52. The third-order valence-corrected chi connectivity index (χ3v) is 3.78. The number of amides is 3. The van der Waals surface area contributed by atoms with E-state index in [9.17, 15) is 19.2 Å². The molecule has 3 atom stereocenters. The van der Waals surface area contributed by atoms with E-state index in [-0.39, 0.29) is 12.3 Å². The van der Waals surface area contributed by atoms with Crippen LogP contribution in [0.5, 0.6) is 0 Å². The number of carboxylic acids is 1. The molecule has 1 aliphatic carbocycles. The largest absolute Gasteiger partial charge is 0.481 e. The Hall–Kier alpha value is -2.18. The highest BCUT2D eigenvalue weighted by atomic mass is 16.4. The average Bonchev–Trinajstić information content (AvgIpc) is 2.66. The fourth-order valence-corrected chi connectivity index (χ4v) is 2.52. The summed E-state index contributed by atoms with van der Waals surface area (Å²) >= 11 is 0. The van der Waals surface area contributed by atoms with Crippen LogP contribution in [0.15, 0.2) is 12.2 Å². The van der Waals surface area contributed by atoms with Crippen molar-refractivity contribution in [2.45, 2.75) is 25.3 Å². The molecule has 108 valence electrons. The van der Waals surface area contributed by atoms with Crippen LogP contribution in [0.4, 0.5) is 0 Å². The quantitative estimate of drug-likeness (QED) is 0.537. The summed E-state index contributed by atoms with van der Waals surface area (Å²) in [6.45, 7) is 0. The lowest BCUT2D eigenvalue weighted by Crippen LogP contribution is -2.46. The lowest BCUT2D eigenvalue weighted by molar-refractivity contribution is -0.147. The number of likely N-dealkylation sites (N-methyl/N-ethyl adjacent to an activating group) is 1. The van der Waals surface area contributed by atoms with Gasteiger partial charge in [0, 0.05) is 7.05 Å². The molecule has 3 unspecified atom stereocenters. The summed E-state index contributed by atoms with van der Waals surface area (Å²) in [6, 6.07) is -0.875. The number of carboxylic acid groups (broad SMARTS) is 1. The van der Waals surface area contributed by atoms with Crippen molar-refractivity contribution in [1.82, 2.24) is 10.2 Å². The molecule has 0 bridgehead atoms. The lowest BCUT2D eigenvalue weighted by Gasteiger charge is -2.25. The van der Waals surface area contributed by atoms with Gasteiger partial charge in [0.15, 0.2) is 0 Å². The zero-order valence-corrected chi connectivity index (χ0v) is 11.0. The van der Waals surface area contributed by atoms with Crippen LogP contribution in [0.25, 0.3) is 0 Å². The van der Waals surface area contributed by atoms with Crippen molar-refractivity contribution in [2.24, 2.45) is 11.8 Å². The summed E-state index contributed by atoms with van der Waals surface area (Å²) in [5.41, 5.74) is 0. The molecule has 7 heteroatoms. The molecule has 0 aromatic rings. The van der Waals surface area contributed by atoms with E-state index in [1.807, 2.05) is 0 Å². The minimum Gasteiger partial charge on any atom is -0.481 e. The molecule has 1 saturated heterocycles. The Bertz CT molecular complexity index is 499. The molecule has 2 N–H and O–H groups in total. The van der Waals surface area contributed by atoms with Crippen LogP contribution in [0.2, 0.25) is 0 Å². The minimum absolute atomic E-state index is 0.0681. The first-order chi connectivity index (χ1) is 9.41. The standard InChI is InChI=1S/C13H16N2O5/c1-15-10(16)6-9(12(15)18)14-11(17)7-4-2-3-5-8(7)13(19)20/h2-3,7-9H,4-6H2,1H3,(H,14,17)(H,19,20). The van der Waals surface area contributed by atoms with E-state index in [1.54, 1.807) is 12.2 Å². The Balaban J connectivity index is 2.04. The number of rotatable bonds is 3. The third-order valence-electron chi connectivity index (χ3n) is 3.78. The van der Waals surface area contributed by atoms with E-state index in [0.717, 1.165) is 4.90 Å². The van der Waals surface area contributed by atoms with E-state index < -0.39 is 35.7 Å². The van der Waals surface area contributed by atoms with Crippen LogP contribution in [0.1, 0.15) is 19.3 Å². The van der Waals surface area contributed by atoms with Gasteiger partial charge < -0.3 is 10.4 Å². The molecule has 3 amide bonds.